The van der Waals surface area contributed by atoms with Crippen molar-refractivity contribution in [2.45, 2.75) is 32.4 Å². The summed E-state index contributed by atoms with van der Waals surface area (Å²) in [6.07, 6.45) is -0.241. The Kier molecular flexibility index (Phi) is 2.81. The van der Waals surface area contributed by atoms with E-state index < -0.39 is 0 Å². The van der Waals surface area contributed by atoms with Crippen LogP contribution in [0.1, 0.15) is 20.8 Å². The van der Waals surface area contributed by atoms with E-state index in [9.17, 15) is 4.79 Å². The fourth-order valence-electron chi connectivity index (χ4n) is 1.83. The first-order valence-electron chi connectivity index (χ1n) is 4.46. The van der Waals surface area contributed by atoms with Crippen molar-refractivity contribution >= 4 is 6.09 Å². The molecule has 0 radical (unpaired) electrons. The Morgan fingerprint density at radius 2 is 2.31 bits per heavy atom. The molecule has 4 heteroatoms. The summed E-state index contributed by atoms with van der Waals surface area (Å²) in [5.74, 6) is 0. The molecule has 0 aromatic rings. The van der Waals surface area contributed by atoms with Gasteiger partial charge < -0.3 is 9.47 Å². The highest BCUT2D eigenvalue weighted by Gasteiger charge is 2.44. The van der Waals surface area contributed by atoms with E-state index in [2.05, 4.69) is 0 Å². The topological polar surface area (TPSA) is 38.8 Å². The fourth-order valence-corrected chi connectivity index (χ4v) is 1.83. The molecule has 1 saturated heterocycles. The molecule has 0 aromatic carbocycles. The summed E-state index contributed by atoms with van der Waals surface area (Å²) in [4.78, 5) is 13.1. The van der Waals surface area contributed by atoms with Crippen molar-refractivity contribution in [1.29, 1.82) is 0 Å². The summed E-state index contributed by atoms with van der Waals surface area (Å²) >= 11 is 0. The first-order chi connectivity index (χ1) is 6.01. The maximum atomic E-state index is 11.4. The summed E-state index contributed by atoms with van der Waals surface area (Å²) in [6, 6.07) is 0.148. The molecule has 4 nitrogen and oxygen atoms in total. The number of carbonyl (C=O) groups is 1. The van der Waals surface area contributed by atoms with Gasteiger partial charge in [0, 0.05) is 13.2 Å². The van der Waals surface area contributed by atoms with Gasteiger partial charge in [-0.15, -0.1) is 0 Å². The summed E-state index contributed by atoms with van der Waals surface area (Å²) in [5.41, 5.74) is -0.306. The maximum absolute atomic E-state index is 11.4. The van der Waals surface area contributed by atoms with Crippen molar-refractivity contribution in [2.75, 3.05) is 20.3 Å². The van der Waals surface area contributed by atoms with Crippen molar-refractivity contribution in [3.05, 3.63) is 0 Å². The van der Waals surface area contributed by atoms with Crippen LogP contribution >= 0.6 is 0 Å². The van der Waals surface area contributed by atoms with Gasteiger partial charge in [0.1, 0.15) is 12.1 Å². The molecular weight excluding hydrogens is 170 g/mol. The van der Waals surface area contributed by atoms with Crippen molar-refractivity contribution in [2.24, 2.45) is 0 Å². The van der Waals surface area contributed by atoms with Gasteiger partial charge >= 0.3 is 6.09 Å². The molecule has 1 rings (SSSR count). The second kappa shape index (κ2) is 3.54. The second-order valence-corrected chi connectivity index (χ2v) is 3.95. The molecule has 1 fully saturated rings. The normalized spacial score (nSPS) is 28.4. The smallest absolute Gasteiger partial charge is 0.410 e. The van der Waals surface area contributed by atoms with Crippen LogP contribution in [0.4, 0.5) is 4.79 Å². The maximum Gasteiger partial charge on any atom is 0.410 e. The first-order valence-corrected chi connectivity index (χ1v) is 4.46. The Bertz CT molecular complexity index is 205. The van der Waals surface area contributed by atoms with E-state index in [0.717, 1.165) is 0 Å². The molecule has 0 bridgehead atoms. The lowest BCUT2D eigenvalue weighted by atomic mass is 10.0. The van der Waals surface area contributed by atoms with Crippen LogP contribution in [0.25, 0.3) is 0 Å². The van der Waals surface area contributed by atoms with Crippen LogP contribution < -0.4 is 0 Å². The van der Waals surface area contributed by atoms with E-state index in [4.69, 9.17) is 9.47 Å². The SMILES string of the molecule is COCC1(C)COC(=O)N1C(C)C. The third kappa shape index (κ3) is 1.77. The second-order valence-electron chi connectivity index (χ2n) is 3.95. The van der Waals surface area contributed by atoms with Crippen molar-refractivity contribution < 1.29 is 14.3 Å². The minimum Gasteiger partial charge on any atom is -0.447 e. The Balaban J connectivity index is 2.79. The molecule has 0 aliphatic carbocycles. The number of carbonyl (C=O) groups excluding carboxylic acids is 1. The molecule has 1 amide bonds. The van der Waals surface area contributed by atoms with Gasteiger partial charge in [-0.3, -0.25) is 4.90 Å². The lowest BCUT2D eigenvalue weighted by Crippen LogP contribution is -2.51. The molecule has 0 spiro atoms. The van der Waals surface area contributed by atoms with Crippen LogP contribution in [0, 0.1) is 0 Å². The molecule has 1 unspecified atom stereocenters. The number of nitrogens with zero attached hydrogens (tertiary/aromatic N) is 1. The summed E-state index contributed by atoms with van der Waals surface area (Å²) in [5, 5.41) is 0. The number of amides is 1. The van der Waals surface area contributed by atoms with Gasteiger partial charge in [-0.05, 0) is 20.8 Å². The van der Waals surface area contributed by atoms with Crippen LogP contribution in [0.15, 0.2) is 0 Å². The minimum atomic E-state index is -0.306. The lowest BCUT2D eigenvalue weighted by molar-refractivity contribution is 0.0540. The highest BCUT2D eigenvalue weighted by Crippen LogP contribution is 2.26. The molecule has 1 aliphatic rings. The van der Waals surface area contributed by atoms with E-state index >= 15 is 0 Å². The predicted molar refractivity (Wildman–Crippen MR) is 48.6 cm³/mol. The number of hydrogen-bond donors (Lipinski definition) is 0. The fraction of sp³-hybridized carbons (Fsp3) is 0.889. The highest BCUT2D eigenvalue weighted by molar-refractivity contribution is 5.71. The lowest BCUT2D eigenvalue weighted by Gasteiger charge is -2.34. The van der Waals surface area contributed by atoms with Crippen molar-refractivity contribution in [1.82, 2.24) is 4.90 Å². The van der Waals surface area contributed by atoms with E-state index in [1.165, 1.54) is 0 Å². The summed E-state index contributed by atoms with van der Waals surface area (Å²) < 4.78 is 10.1. The monoisotopic (exact) mass is 187 g/mol. The zero-order valence-corrected chi connectivity index (χ0v) is 8.66. The molecule has 1 heterocycles. The van der Waals surface area contributed by atoms with E-state index in [0.29, 0.717) is 13.2 Å². The summed E-state index contributed by atoms with van der Waals surface area (Å²) in [6.45, 7) is 6.84. The number of methoxy groups -OCH3 is 1. The first kappa shape index (κ1) is 10.3. The molecule has 0 N–H and O–H groups in total. The highest BCUT2D eigenvalue weighted by atomic mass is 16.6. The van der Waals surface area contributed by atoms with Crippen LogP contribution in [0.2, 0.25) is 0 Å². The van der Waals surface area contributed by atoms with E-state index in [1.807, 2.05) is 20.8 Å². The van der Waals surface area contributed by atoms with Gasteiger partial charge in [-0.25, -0.2) is 4.79 Å². The van der Waals surface area contributed by atoms with Crippen LogP contribution in [-0.2, 0) is 9.47 Å². The molecular formula is C9H17NO3. The Morgan fingerprint density at radius 3 is 2.77 bits per heavy atom. The third-order valence-electron chi connectivity index (χ3n) is 2.26. The Hall–Kier alpha value is -0.770. The van der Waals surface area contributed by atoms with Crippen molar-refractivity contribution in [3.8, 4) is 0 Å². The van der Waals surface area contributed by atoms with Gasteiger partial charge in [0.25, 0.3) is 0 Å². The van der Waals surface area contributed by atoms with Crippen molar-refractivity contribution in [3.63, 3.8) is 0 Å². The number of ether oxygens (including phenoxy) is 2. The zero-order chi connectivity index (χ0) is 10.1. The number of hydrogen-bond acceptors (Lipinski definition) is 3. The number of rotatable bonds is 3. The molecule has 1 atom stereocenters. The van der Waals surface area contributed by atoms with Gasteiger partial charge in [0.15, 0.2) is 0 Å². The standard InChI is InChI=1S/C9H17NO3/c1-7(2)10-8(11)13-6-9(10,3)5-12-4/h7H,5-6H2,1-4H3. The minimum absolute atomic E-state index is 0.148. The third-order valence-corrected chi connectivity index (χ3v) is 2.26. The molecule has 76 valence electrons. The molecule has 0 aromatic heterocycles. The molecule has 13 heavy (non-hydrogen) atoms. The average molecular weight is 187 g/mol. The Morgan fingerprint density at radius 1 is 1.69 bits per heavy atom. The van der Waals surface area contributed by atoms with Crippen LogP contribution in [-0.4, -0.2) is 42.9 Å². The van der Waals surface area contributed by atoms with Gasteiger partial charge in [-0.2, -0.15) is 0 Å². The van der Waals surface area contributed by atoms with E-state index in [1.54, 1.807) is 12.0 Å². The summed E-state index contributed by atoms with van der Waals surface area (Å²) in [7, 11) is 1.63. The van der Waals surface area contributed by atoms with Gasteiger partial charge in [-0.1, -0.05) is 0 Å². The molecule has 0 saturated carbocycles. The average Bonchev–Trinajstić information content (AvgIpc) is 2.27. The number of cyclic esters (lactones) is 1. The van der Waals surface area contributed by atoms with Crippen LogP contribution in [0.5, 0.6) is 0 Å². The predicted octanol–water partition coefficient (Wildman–Crippen LogP) is 1.25. The van der Waals surface area contributed by atoms with Gasteiger partial charge in [0.2, 0.25) is 0 Å². The zero-order valence-electron chi connectivity index (χ0n) is 8.66. The Labute approximate surface area is 78.8 Å². The largest absolute Gasteiger partial charge is 0.447 e. The quantitative estimate of drug-likeness (QED) is 0.667. The van der Waals surface area contributed by atoms with E-state index in [-0.39, 0.29) is 17.7 Å². The van der Waals surface area contributed by atoms with Gasteiger partial charge in [0.05, 0.1) is 6.61 Å². The molecule has 1 aliphatic heterocycles. The van der Waals surface area contributed by atoms with Crippen LogP contribution in [0.3, 0.4) is 0 Å².